The molecule has 1 aromatic heterocycles. The van der Waals surface area contributed by atoms with Crippen LogP contribution < -0.4 is 0 Å². The van der Waals surface area contributed by atoms with Crippen molar-refractivity contribution in [2.45, 2.75) is 80.7 Å². The molecule has 0 aliphatic carbocycles. The van der Waals surface area contributed by atoms with Crippen LogP contribution in [0.25, 0.3) is 10.2 Å². The van der Waals surface area contributed by atoms with Gasteiger partial charge in [0.2, 0.25) is 5.91 Å². The molecular formula is C36H44N2O3S2. The maximum atomic E-state index is 14.1. The Bertz CT molecular complexity index is 1340. The lowest BCUT2D eigenvalue weighted by atomic mass is 9.77. The number of benzene rings is 3. The molecule has 0 aliphatic heterocycles. The number of carboxylic acids is 1. The molecule has 0 aliphatic rings. The van der Waals surface area contributed by atoms with Crippen LogP contribution in [0, 0.1) is 5.92 Å². The van der Waals surface area contributed by atoms with Gasteiger partial charge in [0.05, 0.1) is 20.9 Å². The summed E-state index contributed by atoms with van der Waals surface area (Å²) in [5.74, 6) is -2.08. The number of unbranched alkanes of at least 4 members (excludes halogenated alkanes) is 6. The van der Waals surface area contributed by atoms with E-state index in [1.54, 1.807) is 11.3 Å². The van der Waals surface area contributed by atoms with E-state index in [1.165, 1.54) is 11.8 Å². The molecule has 0 spiro atoms. The monoisotopic (exact) mass is 616 g/mol. The molecule has 3 aromatic carbocycles. The van der Waals surface area contributed by atoms with Gasteiger partial charge >= 0.3 is 5.97 Å². The lowest BCUT2D eigenvalue weighted by molar-refractivity contribution is -0.147. The molecule has 0 fully saturated rings. The van der Waals surface area contributed by atoms with Gasteiger partial charge in [0.25, 0.3) is 0 Å². The number of carbonyl (C=O) groups excluding carboxylic acids is 1. The summed E-state index contributed by atoms with van der Waals surface area (Å²) in [5, 5.41) is 11.0. The van der Waals surface area contributed by atoms with Crippen LogP contribution in [0.2, 0.25) is 0 Å². The zero-order valence-corrected chi connectivity index (χ0v) is 27.0. The number of aliphatic carboxylic acids is 1. The molecular weight excluding hydrogens is 573 g/mol. The third-order valence-corrected chi connectivity index (χ3v) is 10.7. The van der Waals surface area contributed by atoms with Gasteiger partial charge in [-0.3, -0.25) is 9.59 Å². The third kappa shape index (κ3) is 8.48. The van der Waals surface area contributed by atoms with Crippen molar-refractivity contribution < 1.29 is 14.7 Å². The van der Waals surface area contributed by atoms with Gasteiger partial charge in [0.1, 0.15) is 0 Å². The van der Waals surface area contributed by atoms with Crippen LogP contribution in [-0.4, -0.2) is 40.0 Å². The summed E-state index contributed by atoms with van der Waals surface area (Å²) in [4.78, 5) is 34.4. The number of nitrogens with zero attached hydrogens (tertiary/aromatic N) is 2. The summed E-state index contributed by atoms with van der Waals surface area (Å²) in [6.45, 7) is 5.71. The molecule has 1 N–H and O–H groups in total. The Labute approximate surface area is 264 Å². The average Bonchev–Trinajstić information content (AvgIpc) is 3.45. The third-order valence-electron chi connectivity index (χ3n) is 8.01. The van der Waals surface area contributed by atoms with Gasteiger partial charge in [-0.25, -0.2) is 4.98 Å². The Kier molecular flexibility index (Phi) is 12.7. The molecule has 4 aromatic rings. The van der Waals surface area contributed by atoms with Crippen LogP contribution in [0.5, 0.6) is 0 Å². The first-order chi connectivity index (χ1) is 21.0. The average molecular weight is 617 g/mol. The first-order valence-corrected chi connectivity index (χ1v) is 17.3. The topological polar surface area (TPSA) is 70.5 Å². The lowest BCUT2D eigenvalue weighted by Crippen LogP contribution is -2.43. The van der Waals surface area contributed by atoms with E-state index in [0.29, 0.717) is 13.1 Å². The maximum Gasteiger partial charge on any atom is 0.309 e. The molecule has 5 nitrogen and oxygen atoms in total. The predicted molar refractivity (Wildman–Crippen MR) is 180 cm³/mol. The van der Waals surface area contributed by atoms with Crippen LogP contribution in [-0.2, 0) is 14.3 Å². The molecule has 0 saturated heterocycles. The molecule has 0 radical (unpaired) electrons. The van der Waals surface area contributed by atoms with Gasteiger partial charge < -0.3 is 10.0 Å². The fourth-order valence-electron chi connectivity index (χ4n) is 5.69. The fraction of sp³-hybridized carbons (Fsp3) is 0.417. The molecule has 1 atom stereocenters. The van der Waals surface area contributed by atoms with Crippen LogP contribution >= 0.6 is 23.1 Å². The largest absolute Gasteiger partial charge is 0.481 e. The minimum Gasteiger partial charge on any atom is -0.481 e. The van der Waals surface area contributed by atoms with E-state index in [9.17, 15) is 14.7 Å². The standard InChI is InChI=1S/C36H44N2O3S2/c1-3-5-7-17-25-38(26-18-8-6-4-2)33(39)27-30(34(40)41)36(28-19-11-9-12-20-28,29-21-13-10-14-22-29)43-35-37-31-23-15-16-24-32(31)42-35/h9-16,19-24,30H,3-8,17-18,25-27H2,1-2H3,(H,40,41). The lowest BCUT2D eigenvalue weighted by Gasteiger charge is -2.39. The number of aromatic nitrogens is 1. The van der Waals surface area contributed by atoms with Gasteiger partial charge in [-0.05, 0) is 36.1 Å². The summed E-state index contributed by atoms with van der Waals surface area (Å²) < 4.78 is 0.755. The van der Waals surface area contributed by atoms with Crippen LogP contribution in [0.3, 0.4) is 0 Å². The fourth-order valence-corrected chi connectivity index (χ4v) is 8.47. The van der Waals surface area contributed by atoms with Gasteiger partial charge in [0, 0.05) is 19.5 Å². The van der Waals surface area contributed by atoms with E-state index in [-0.39, 0.29) is 12.3 Å². The van der Waals surface area contributed by atoms with Crippen molar-refractivity contribution in [3.05, 3.63) is 96.1 Å². The zero-order valence-electron chi connectivity index (χ0n) is 25.4. The van der Waals surface area contributed by atoms with Gasteiger partial charge in [-0.1, -0.05) is 137 Å². The predicted octanol–water partition coefficient (Wildman–Crippen LogP) is 9.41. The molecule has 1 amide bonds. The van der Waals surface area contributed by atoms with E-state index < -0.39 is 16.6 Å². The van der Waals surface area contributed by atoms with Crippen molar-refractivity contribution in [2.75, 3.05) is 13.1 Å². The van der Waals surface area contributed by atoms with Crippen molar-refractivity contribution in [1.82, 2.24) is 9.88 Å². The summed E-state index contributed by atoms with van der Waals surface area (Å²) in [7, 11) is 0. The number of fused-ring (bicyclic) bond motifs is 1. The SMILES string of the molecule is CCCCCCN(CCCCCC)C(=O)CC(C(=O)O)C(Sc1nc2ccccc2s1)(c1ccccc1)c1ccccc1. The quantitative estimate of drug-likeness (QED) is 0.0891. The van der Waals surface area contributed by atoms with Gasteiger partial charge in [-0.15, -0.1) is 11.3 Å². The van der Waals surface area contributed by atoms with Crippen LogP contribution in [0.4, 0.5) is 0 Å². The highest BCUT2D eigenvalue weighted by Gasteiger charge is 2.49. The van der Waals surface area contributed by atoms with Crippen LogP contribution in [0.1, 0.15) is 82.8 Å². The Hall–Kier alpha value is -3.16. The first kappa shape index (κ1) is 32.7. The number of para-hydroxylation sites is 1. The minimum absolute atomic E-state index is 0.0819. The highest BCUT2D eigenvalue weighted by molar-refractivity contribution is 8.02. The number of thiazole rings is 1. The minimum atomic E-state index is -1.08. The van der Waals surface area contributed by atoms with Crippen molar-refractivity contribution in [3.8, 4) is 0 Å². The molecule has 1 heterocycles. The normalized spacial score (nSPS) is 12.3. The van der Waals surface area contributed by atoms with E-state index in [4.69, 9.17) is 4.98 Å². The summed E-state index contributed by atoms with van der Waals surface area (Å²) >= 11 is 3.03. The van der Waals surface area contributed by atoms with E-state index in [1.807, 2.05) is 89.8 Å². The number of hydrogen-bond donors (Lipinski definition) is 1. The Balaban J connectivity index is 1.77. The second-order valence-corrected chi connectivity index (χ2v) is 13.6. The maximum absolute atomic E-state index is 14.1. The Morgan fingerprint density at radius 1 is 0.791 bits per heavy atom. The second-order valence-electron chi connectivity index (χ2n) is 11.1. The van der Waals surface area contributed by atoms with E-state index in [2.05, 4.69) is 13.8 Å². The number of hydrogen-bond acceptors (Lipinski definition) is 5. The zero-order chi connectivity index (χ0) is 30.5. The molecule has 43 heavy (non-hydrogen) atoms. The Morgan fingerprint density at radius 2 is 1.33 bits per heavy atom. The summed E-state index contributed by atoms with van der Waals surface area (Å²) in [6.07, 6.45) is 8.47. The van der Waals surface area contributed by atoms with Crippen LogP contribution in [0.15, 0.2) is 89.3 Å². The van der Waals surface area contributed by atoms with Crippen molar-refractivity contribution >= 4 is 45.2 Å². The molecule has 0 saturated carbocycles. The van der Waals surface area contributed by atoms with Crippen molar-refractivity contribution in [2.24, 2.45) is 5.92 Å². The number of thioether (sulfide) groups is 1. The first-order valence-electron chi connectivity index (χ1n) is 15.7. The number of amides is 1. The number of rotatable bonds is 18. The van der Waals surface area contributed by atoms with Gasteiger partial charge in [-0.2, -0.15) is 0 Å². The van der Waals surface area contributed by atoms with E-state index in [0.717, 1.165) is 77.0 Å². The van der Waals surface area contributed by atoms with Gasteiger partial charge in [0.15, 0.2) is 4.34 Å². The molecule has 7 heteroatoms. The molecule has 0 bridgehead atoms. The smallest absolute Gasteiger partial charge is 0.309 e. The summed E-state index contributed by atoms with van der Waals surface area (Å²) in [6, 6.07) is 27.6. The summed E-state index contributed by atoms with van der Waals surface area (Å²) in [5.41, 5.74) is 2.59. The molecule has 228 valence electrons. The highest BCUT2D eigenvalue weighted by atomic mass is 32.2. The second kappa shape index (κ2) is 16.6. The van der Waals surface area contributed by atoms with Crippen molar-refractivity contribution in [1.29, 1.82) is 0 Å². The highest BCUT2D eigenvalue weighted by Crippen LogP contribution is 2.54. The van der Waals surface area contributed by atoms with Crippen molar-refractivity contribution in [3.63, 3.8) is 0 Å². The van der Waals surface area contributed by atoms with E-state index >= 15 is 0 Å². The molecule has 1 unspecified atom stereocenters. The number of carboxylic acid groups (broad SMARTS) is 1. The number of carbonyl (C=O) groups is 2. The Morgan fingerprint density at radius 3 is 1.84 bits per heavy atom. The molecule has 4 rings (SSSR count).